The van der Waals surface area contributed by atoms with Crippen molar-refractivity contribution in [2.45, 2.75) is 6.54 Å². The number of nitro groups is 1. The zero-order valence-corrected chi connectivity index (χ0v) is 10.7. The molecule has 0 spiro atoms. The molecule has 1 amide bonds. The molecule has 0 bridgehead atoms. The van der Waals surface area contributed by atoms with Gasteiger partial charge in [-0.25, -0.2) is 4.39 Å². The Morgan fingerprint density at radius 3 is 2.48 bits per heavy atom. The second kappa shape index (κ2) is 5.53. The second-order valence-electron chi connectivity index (χ2n) is 4.29. The molecule has 0 unspecified atom stereocenters. The van der Waals surface area contributed by atoms with Gasteiger partial charge in [0.2, 0.25) is 0 Å². The molecule has 0 atom stereocenters. The minimum atomic E-state index is -1.04. The van der Waals surface area contributed by atoms with Crippen molar-refractivity contribution in [3.8, 4) is 0 Å². The SMILES string of the molecule is NC(=O)c1cc([N+](=O)[O-])cn(Cc2ccc(F)cc2)c1=O. The van der Waals surface area contributed by atoms with Crippen LogP contribution in [0, 0.1) is 15.9 Å². The Morgan fingerprint density at radius 2 is 1.95 bits per heavy atom. The van der Waals surface area contributed by atoms with Gasteiger partial charge in [0.15, 0.2) is 0 Å². The van der Waals surface area contributed by atoms with Gasteiger partial charge < -0.3 is 10.3 Å². The fraction of sp³-hybridized carbons (Fsp3) is 0.0769. The van der Waals surface area contributed by atoms with Crippen molar-refractivity contribution in [3.63, 3.8) is 0 Å². The summed E-state index contributed by atoms with van der Waals surface area (Å²) in [5, 5.41) is 10.8. The molecule has 0 saturated carbocycles. The molecule has 0 aliphatic heterocycles. The molecule has 108 valence electrons. The molecule has 2 aromatic rings. The van der Waals surface area contributed by atoms with Crippen LogP contribution in [0.1, 0.15) is 15.9 Å². The number of amides is 1. The van der Waals surface area contributed by atoms with E-state index < -0.39 is 33.5 Å². The van der Waals surface area contributed by atoms with E-state index in [2.05, 4.69) is 0 Å². The van der Waals surface area contributed by atoms with Crippen molar-refractivity contribution < 1.29 is 14.1 Å². The predicted molar refractivity (Wildman–Crippen MR) is 71.4 cm³/mol. The number of benzene rings is 1. The molecule has 7 nitrogen and oxygen atoms in total. The molecular formula is C13H10FN3O4. The van der Waals surface area contributed by atoms with E-state index in [1.807, 2.05) is 0 Å². The third kappa shape index (κ3) is 3.11. The van der Waals surface area contributed by atoms with Gasteiger partial charge in [-0.2, -0.15) is 0 Å². The Morgan fingerprint density at radius 1 is 1.33 bits per heavy atom. The van der Waals surface area contributed by atoms with Crippen LogP contribution in [0.2, 0.25) is 0 Å². The van der Waals surface area contributed by atoms with E-state index in [1.165, 1.54) is 24.3 Å². The van der Waals surface area contributed by atoms with E-state index in [0.717, 1.165) is 16.8 Å². The maximum atomic E-state index is 12.8. The molecule has 2 N–H and O–H groups in total. The summed E-state index contributed by atoms with van der Waals surface area (Å²) in [5.74, 6) is -1.49. The Hall–Kier alpha value is -3.03. The molecule has 0 radical (unpaired) electrons. The van der Waals surface area contributed by atoms with Crippen molar-refractivity contribution in [2.24, 2.45) is 5.73 Å². The van der Waals surface area contributed by atoms with E-state index in [0.29, 0.717) is 5.56 Å². The highest BCUT2D eigenvalue weighted by Gasteiger charge is 2.17. The van der Waals surface area contributed by atoms with Gasteiger partial charge in [-0.15, -0.1) is 0 Å². The number of carbonyl (C=O) groups is 1. The van der Waals surface area contributed by atoms with Gasteiger partial charge in [0, 0.05) is 6.07 Å². The number of pyridine rings is 1. The quantitative estimate of drug-likeness (QED) is 0.670. The van der Waals surface area contributed by atoms with E-state index >= 15 is 0 Å². The van der Waals surface area contributed by atoms with Crippen LogP contribution in [0.4, 0.5) is 10.1 Å². The van der Waals surface area contributed by atoms with Crippen molar-refractivity contribution >= 4 is 11.6 Å². The smallest absolute Gasteiger partial charge is 0.286 e. The van der Waals surface area contributed by atoms with Crippen LogP contribution in [-0.4, -0.2) is 15.4 Å². The first-order valence-electron chi connectivity index (χ1n) is 5.81. The highest BCUT2D eigenvalue weighted by atomic mass is 19.1. The van der Waals surface area contributed by atoms with Gasteiger partial charge in [0.1, 0.15) is 11.4 Å². The number of nitrogens with two attached hydrogens (primary N) is 1. The Kier molecular flexibility index (Phi) is 3.79. The van der Waals surface area contributed by atoms with Crippen LogP contribution >= 0.6 is 0 Å². The average Bonchev–Trinajstić information content (AvgIpc) is 2.42. The summed E-state index contributed by atoms with van der Waals surface area (Å²) in [4.78, 5) is 33.3. The Balaban J connectivity index is 2.51. The number of hydrogen-bond acceptors (Lipinski definition) is 4. The van der Waals surface area contributed by atoms with Crippen LogP contribution in [0.15, 0.2) is 41.3 Å². The van der Waals surface area contributed by atoms with Gasteiger partial charge >= 0.3 is 0 Å². The molecule has 0 fully saturated rings. The Labute approximate surface area is 117 Å². The summed E-state index contributed by atoms with van der Waals surface area (Å²) in [6.07, 6.45) is 1.01. The monoisotopic (exact) mass is 291 g/mol. The van der Waals surface area contributed by atoms with Crippen molar-refractivity contribution in [2.75, 3.05) is 0 Å². The minimum absolute atomic E-state index is 0.0406. The maximum Gasteiger partial charge on any atom is 0.286 e. The molecule has 0 aliphatic rings. The van der Waals surface area contributed by atoms with Gasteiger partial charge in [0.05, 0.1) is 17.7 Å². The minimum Gasteiger partial charge on any atom is -0.365 e. The van der Waals surface area contributed by atoms with E-state index in [4.69, 9.17) is 5.73 Å². The van der Waals surface area contributed by atoms with Crippen molar-refractivity contribution in [3.05, 3.63) is 73.9 Å². The molecule has 0 saturated heterocycles. The molecule has 1 heterocycles. The molecule has 1 aromatic heterocycles. The van der Waals surface area contributed by atoms with E-state index in [-0.39, 0.29) is 6.54 Å². The third-order valence-electron chi connectivity index (χ3n) is 2.81. The summed E-state index contributed by atoms with van der Waals surface area (Å²) >= 11 is 0. The van der Waals surface area contributed by atoms with Gasteiger partial charge in [-0.1, -0.05) is 12.1 Å². The first kappa shape index (κ1) is 14.4. The second-order valence-corrected chi connectivity index (χ2v) is 4.29. The third-order valence-corrected chi connectivity index (χ3v) is 2.81. The lowest BCUT2D eigenvalue weighted by Crippen LogP contribution is -2.30. The fourth-order valence-corrected chi connectivity index (χ4v) is 1.80. The topological polar surface area (TPSA) is 108 Å². The van der Waals surface area contributed by atoms with Crippen LogP contribution in [0.3, 0.4) is 0 Å². The van der Waals surface area contributed by atoms with E-state index in [9.17, 15) is 24.1 Å². The zero-order chi connectivity index (χ0) is 15.6. The number of carbonyl (C=O) groups excluding carboxylic acids is 1. The Bertz CT molecular complexity index is 768. The van der Waals surface area contributed by atoms with Gasteiger partial charge in [-0.3, -0.25) is 19.7 Å². The number of rotatable bonds is 4. The fourth-order valence-electron chi connectivity index (χ4n) is 1.80. The molecule has 2 rings (SSSR count). The highest BCUT2D eigenvalue weighted by Crippen LogP contribution is 2.12. The lowest BCUT2D eigenvalue weighted by molar-refractivity contribution is -0.385. The van der Waals surface area contributed by atoms with Gasteiger partial charge in [0.25, 0.3) is 17.2 Å². The largest absolute Gasteiger partial charge is 0.365 e. The number of hydrogen-bond donors (Lipinski definition) is 1. The lowest BCUT2D eigenvalue weighted by atomic mass is 10.2. The maximum absolute atomic E-state index is 12.8. The summed E-state index contributed by atoms with van der Waals surface area (Å²) in [5.41, 5.74) is 3.96. The summed E-state index contributed by atoms with van der Waals surface area (Å²) < 4.78 is 13.8. The van der Waals surface area contributed by atoms with Crippen LogP contribution in [0.25, 0.3) is 0 Å². The standard InChI is InChI=1S/C13H10FN3O4/c14-9-3-1-8(2-4-9)6-16-7-10(17(20)21)5-11(12(15)18)13(16)19/h1-5,7H,6H2,(H2,15,18). The summed E-state index contributed by atoms with van der Waals surface area (Å²) in [6, 6.07) is 6.11. The molecule has 0 aliphatic carbocycles. The number of nitrogens with zero attached hydrogens (tertiary/aromatic N) is 2. The first-order valence-corrected chi connectivity index (χ1v) is 5.81. The summed E-state index contributed by atoms with van der Waals surface area (Å²) in [7, 11) is 0. The van der Waals surface area contributed by atoms with Crippen molar-refractivity contribution in [1.29, 1.82) is 0 Å². The van der Waals surface area contributed by atoms with Crippen molar-refractivity contribution in [1.82, 2.24) is 4.57 Å². The highest BCUT2D eigenvalue weighted by molar-refractivity contribution is 5.92. The zero-order valence-electron chi connectivity index (χ0n) is 10.7. The number of halogens is 1. The molecular weight excluding hydrogens is 281 g/mol. The van der Waals surface area contributed by atoms with E-state index in [1.54, 1.807) is 0 Å². The number of aromatic nitrogens is 1. The summed E-state index contributed by atoms with van der Waals surface area (Å²) in [6.45, 7) is -0.0406. The average molecular weight is 291 g/mol. The lowest BCUT2D eigenvalue weighted by Gasteiger charge is -2.07. The predicted octanol–water partition coefficient (Wildman–Crippen LogP) is 1.04. The normalized spacial score (nSPS) is 10.3. The molecule has 21 heavy (non-hydrogen) atoms. The first-order chi connectivity index (χ1) is 9.88. The van der Waals surface area contributed by atoms with Crippen LogP contribution in [0.5, 0.6) is 0 Å². The van der Waals surface area contributed by atoms with Crippen LogP contribution < -0.4 is 11.3 Å². The molecule has 8 heteroatoms. The van der Waals surface area contributed by atoms with Gasteiger partial charge in [-0.05, 0) is 17.7 Å². The van der Waals surface area contributed by atoms with Crippen LogP contribution in [-0.2, 0) is 6.54 Å². The number of primary amides is 1. The molecule has 1 aromatic carbocycles.